The minimum absolute atomic E-state index is 0.0846. The molecule has 2 aromatic carbocycles. The number of anilines is 2. The molecule has 3 aromatic rings. The lowest BCUT2D eigenvalue weighted by molar-refractivity contribution is -0.134. The second-order valence-corrected chi connectivity index (χ2v) is 15.1. The van der Waals surface area contributed by atoms with E-state index in [0.717, 1.165) is 81.2 Å². The fraction of sp³-hybridized carbons (Fsp3) is 0.486. The van der Waals surface area contributed by atoms with Crippen molar-refractivity contribution in [2.75, 3.05) is 69.6 Å². The number of piperidine rings is 2. The van der Waals surface area contributed by atoms with Crippen LogP contribution in [0.15, 0.2) is 57.9 Å². The number of carbonyl (C=O) groups excluding carboxylic acids is 3. The summed E-state index contributed by atoms with van der Waals surface area (Å²) in [6.45, 7) is 9.02. The second-order valence-electron chi connectivity index (χ2n) is 14.3. The van der Waals surface area contributed by atoms with Gasteiger partial charge in [-0.1, -0.05) is 18.2 Å². The van der Waals surface area contributed by atoms with Crippen molar-refractivity contribution in [2.24, 2.45) is 7.05 Å². The summed E-state index contributed by atoms with van der Waals surface area (Å²) in [6, 6.07) is 15.0. The summed E-state index contributed by atoms with van der Waals surface area (Å²) in [5.41, 5.74) is 5.71. The fourth-order valence-corrected chi connectivity index (χ4v) is 8.49. The van der Waals surface area contributed by atoms with Crippen LogP contribution in [0.5, 0.6) is 0 Å². The number of likely N-dealkylation sites (tertiary alicyclic amines) is 2. The summed E-state index contributed by atoms with van der Waals surface area (Å²) in [6.07, 6.45) is 3.54. The van der Waals surface area contributed by atoms with Crippen LogP contribution < -0.4 is 21.1 Å². The first-order chi connectivity index (χ1) is 24.0. The van der Waals surface area contributed by atoms with Gasteiger partial charge in [-0.25, -0.2) is 4.68 Å². The molecule has 7 rings (SSSR count). The van der Waals surface area contributed by atoms with E-state index in [4.69, 9.17) is 0 Å². The monoisotopic (exact) mass is 744 g/mol. The number of aromatic nitrogens is 2. The van der Waals surface area contributed by atoms with Gasteiger partial charge in [-0.2, -0.15) is 5.10 Å². The molecule has 3 unspecified atom stereocenters. The average molecular weight is 746 g/mol. The Morgan fingerprint density at radius 1 is 0.960 bits per heavy atom. The lowest BCUT2D eigenvalue weighted by Gasteiger charge is -2.48. The van der Waals surface area contributed by atoms with E-state index < -0.39 is 0 Å². The normalized spacial score (nSPS) is 23.8. The van der Waals surface area contributed by atoms with Gasteiger partial charge in [0.15, 0.2) is 0 Å². The van der Waals surface area contributed by atoms with E-state index in [2.05, 4.69) is 83.7 Å². The van der Waals surface area contributed by atoms with Crippen molar-refractivity contribution in [3.63, 3.8) is 0 Å². The number of amides is 3. The molecule has 0 radical (unpaired) electrons. The van der Waals surface area contributed by atoms with Gasteiger partial charge in [0, 0.05) is 89.2 Å². The molecule has 4 aliphatic heterocycles. The summed E-state index contributed by atoms with van der Waals surface area (Å²) in [5, 5.41) is 10.1. The molecular weight excluding hydrogens is 700 g/mol. The topological polar surface area (TPSA) is 123 Å². The Kier molecular flexibility index (Phi) is 9.82. The number of nitrogens with zero attached hydrogens (tertiary/aromatic N) is 6. The second kappa shape index (κ2) is 14.3. The highest BCUT2D eigenvalue weighted by molar-refractivity contribution is 9.10. The van der Waals surface area contributed by atoms with Crippen LogP contribution in [0.25, 0.3) is 0 Å². The van der Waals surface area contributed by atoms with Gasteiger partial charge in [0.2, 0.25) is 11.8 Å². The molecule has 1 aromatic heterocycles. The Hall–Kier alpha value is -4.07. The number of aryl methyl sites for hydroxylation is 2. The predicted octanol–water partition coefficient (Wildman–Crippen LogP) is 2.92. The molecule has 4 fully saturated rings. The van der Waals surface area contributed by atoms with Crippen molar-refractivity contribution in [1.82, 2.24) is 29.8 Å². The third-order valence-corrected chi connectivity index (χ3v) is 11.7. The molecule has 12 nitrogen and oxygen atoms in total. The van der Waals surface area contributed by atoms with Crippen LogP contribution >= 0.6 is 15.9 Å². The van der Waals surface area contributed by atoms with Crippen LogP contribution in [0.1, 0.15) is 58.1 Å². The molecule has 13 heteroatoms. The number of benzene rings is 2. The van der Waals surface area contributed by atoms with Gasteiger partial charge in [-0.15, -0.1) is 0 Å². The van der Waals surface area contributed by atoms with Crippen LogP contribution in [0.4, 0.5) is 11.4 Å². The van der Waals surface area contributed by atoms with Gasteiger partial charge in [0.1, 0.15) is 4.47 Å². The van der Waals surface area contributed by atoms with Crippen molar-refractivity contribution in [3.8, 4) is 0 Å². The Morgan fingerprint density at radius 2 is 1.70 bits per heavy atom. The largest absolute Gasteiger partial charge is 0.379 e. The first-order valence-electron chi connectivity index (χ1n) is 17.5. The molecule has 4 saturated heterocycles. The molecule has 3 amide bonds. The number of likely N-dealkylation sites (N-methyl/N-ethyl adjacent to an activating group) is 1. The summed E-state index contributed by atoms with van der Waals surface area (Å²) < 4.78 is 1.80. The third-order valence-electron chi connectivity index (χ3n) is 10.9. The van der Waals surface area contributed by atoms with E-state index >= 15 is 0 Å². The van der Waals surface area contributed by atoms with Gasteiger partial charge in [0.05, 0.1) is 17.8 Å². The van der Waals surface area contributed by atoms with Crippen LogP contribution in [-0.4, -0.2) is 114 Å². The van der Waals surface area contributed by atoms with E-state index in [-0.39, 0.29) is 35.2 Å². The molecule has 0 spiro atoms. The van der Waals surface area contributed by atoms with Crippen LogP contribution in [0.2, 0.25) is 0 Å². The van der Waals surface area contributed by atoms with Crippen molar-refractivity contribution in [2.45, 2.75) is 50.1 Å². The number of halogens is 1. The summed E-state index contributed by atoms with van der Waals surface area (Å²) in [7, 11) is 3.75. The van der Waals surface area contributed by atoms with Gasteiger partial charge in [-0.3, -0.25) is 29.4 Å². The Labute approximate surface area is 300 Å². The number of rotatable bonds is 7. The molecular formula is C37H45BrN8O4. The van der Waals surface area contributed by atoms with E-state index in [9.17, 15) is 19.2 Å². The maximum absolute atomic E-state index is 13.4. The van der Waals surface area contributed by atoms with Crippen molar-refractivity contribution < 1.29 is 14.4 Å². The zero-order valence-corrected chi connectivity index (χ0v) is 30.5. The van der Waals surface area contributed by atoms with Crippen LogP contribution in [0, 0.1) is 6.92 Å². The molecule has 50 heavy (non-hydrogen) atoms. The zero-order valence-electron chi connectivity index (χ0n) is 28.9. The summed E-state index contributed by atoms with van der Waals surface area (Å²) >= 11 is 3.43. The van der Waals surface area contributed by atoms with E-state index in [0.29, 0.717) is 35.0 Å². The van der Waals surface area contributed by atoms with Gasteiger partial charge in [0.25, 0.3) is 11.5 Å². The maximum Gasteiger partial charge on any atom is 0.282 e. The van der Waals surface area contributed by atoms with E-state index in [1.165, 1.54) is 10.2 Å². The fourth-order valence-electron chi connectivity index (χ4n) is 8.01. The Bertz CT molecular complexity index is 1830. The minimum atomic E-state index is -0.267. The highest BCUT2D eigenvalue weighted by Gasteiger charge is 2.37. The zero-order chi connectivity index (χ0) is 35.1. The maximum atomic E-state index is 13.4. The average Bonchev–Trinajstić information content (AvgIpc) is 3.08. The molecule has 0 bridgehead atoms. The molecule has 5 heterocycles. The standard InChI is InChI=1S/C37H45BrN8O4/c1-23-16-28(8-9-30(23)31-10-11-33(47)41-35(31)48)44-12-14-45(15-13-44)29-21-46(22-29)36(49)25-6-4-24(5-7-25)26-17-27(20-42(2)19-26)40-32-18-39-43(3)37(50)34(32)38/h4-9,16,18,26-27,29,31,40H,10-15,17,19-22H2,1-3H3,(H,41,47,48). The molecule has 3 atom stereocenters. The molecule has 0 aliphatic carbocycles. The number of hydrogen-bond acceptors (Lipinski definition) is 9. The summed E-state index contributed by atoms with van der Waals surface area (Å²) in [5.74, 6) is -0.270. The number of carbonyl (C=O) groups is 3. The van der Waals surface area contributed by atoms with Crippen LogP contribution in [0.3, 0.4) is 0 Å². The molecule has 264 valence electrons. The number of nitrogens with one attached hydrogen (secondary N) is 2. The first-order valence-corrected chi connectivity index (χ1v) is 18.3. The number of piperazine rings is 1. The van der Waals surface area contributed by atoms with Gasteiger partial charge in [-0.05, 0) is 89.6 Å². The SMILES string of the molecule is Cc1cc(N2CCN(C3CN(C(=O)c4ccc(C5CC(Nc6cnn(C)c(=O)c6Br)CN(C)C5)cc4)C3)CC2)ccc1C1CCC(=O)NC1=O. The third kappa shape index (κ3) is 7.08. The highest BCUT2D eigenvalue weighted by atomic mass is 79.9. The van der Waals surface area contributed by atoms with E-state index in [1.807, 2.05) is 24.0 Å². The van der Waals surface area contributed by atoms with Gasteiger partial charge >= 0.3 is 0 Å². The molecule has 2 N–H and O–H groups in total. The van der Waals surface area contributed by atoms with E-state index in [1.54, 1.807) is 13.2 Å². The molecule has 0 saturated carbocycles. The quantitative estimate of drug-likeness (QED) is 0.352. The lowest BCUT2D eigenvalue weighted by Crippen LogP contribution is -2.64. The van der Waals surface area contributed by atoms with Crippen molar-refractivity contribution in [1.29, 1.82) is 0 Å². The van der Waals surface area contributed by atoms with Crippen molar-refractivity contribution >= 4 is 45.0 Å². The molecule has 4 aliphatic rings. The smallest absolute Gasteiger partial charge is 0.282 e. The van der Waals surface area contributed by atoms with Crippen LogP contribution in [-0.2, 0) is 16.6 Å². The minimum Gasteiger partial charge on any atom is -0.379 e. The number of imide groups is 1. The number of hydrogen-bond donors (Lipinski definition) is 2. The highest BCUT2D eigenvalue weighted by Crippen LogP contribution is 2.32. The Morgan fingerprint density at radius 3 is 2.40 bits per heavy atom. The lowest BCUT2D eigenvalue weighted by atomic mass is 9.87. The Balaban J connectivity index is 0.888. The van der Waals surface area contributed by atoms with Crippen molar-refractivity contribution in [3.05, 3.63) is 85.7 Å². The first kappa shape index (κ1) is 34.4. The predicted molar refractivity (Wildman–Crippen MR) is 196 cm³/mol. The summed E-state index contributed by atoms with van der Waals surface area (Å²) in [4.78, 5) is 58.8. The van der Waals surface area contributed by atoms with Gasteiger partial charge < -0.3 is 20.0 Å².